The standard InChI is InChI=1S/C8H5BrN2O3/c9-4-7-10-8-5(11(12)13)2-1-3-6(8)14-7/h1-3H,4H2. The number of nitro benzene ring substituents is 1. The minimum absolute atomic E-state index is 0.0292. The molecule has 1 aromatic carbocycles. The average Bonchev–Trinajstić information content (AvgIpc) is 2.59. The lowest BCUT2D eigenvalue weighted by Gasteiger charge is -1.89. The van der Waals surface area contributed by atoms with Crippen molar-refractivity contribution >= 4 is 32.7 Å². The fourth-order valence-electron chi connectivity index (χ4n) is 1.18. The molecular weight excluding hydrogens is 252 g/mol. The van der Waals surface area contributed by atoms with E-state index in [4.69, 9.17) is 4.42 Å². The Kier molecular flexibility index (Phi) is 2.20. The van der Waals surface area contributed by atoms with E-state index >= 15 is 0 Å². The Morgan fingerprint density at radius 3 is 3.00 bits per heavy atom. The van der Waals surface area contributed by atoms with Gasteiger partial charge in [-0.15, -0.1) is 0 Å². The summed E-state index contributed by atoms with van der Waals surface area (Å²) >= 11 is 3.17. The van der Waals surface area contributed by atoms with Gasteiger partial charge >= 0.3 is 0 Å². The van der Waals surface area contributed by atoms with E-state index in [-0.39, 0.29) is 5.69 Å². The molecule has 0 unspecified atom stereocenters. The van der Waals surface area contributed by atoms with Crippen LogP contribution < -0.4 is 0 Å². The number of hydrogen-bond acceptors (Lipinski definition) is 4. The second kappa shape index (κ2) is 3.38. The molecule has 0 atom stereocenters. The van der Waals surface area contributed by atoms with Gasteiger partial charge in [0.05, 0.1) is 10.3 Å². The summed E-state index contributed by atoms with van der Waals surface area (Å²) in [6.45, 7) is 0. The summed E-state index contributed by atoms with van der Waals surface area (Å²) in [6.07, 6.45) is 0. The van der Waals surface area contributed by atoms with Gasteiger partial charge in [-0.2, -0.15) is 0 Å². The maximum Gasteiger partial charge on any atom is 0.298 e. The summed E-state index contributed by atoms with van der Waals surface area (Å²) in [7, 11) is 0. The zero-order chi connectivity index (χ0) is 10.1. The Bertz CT molecular complexity index is 494. The molecule has 0 saturated carbocycles. The molecule has 72 valence electrons. The first-order chi connectivity index (χ1) is 6.72. The summed E-state index contributed by atoms with van der Waals surface area (Å²) in [5.74, 6) is 0.439. The number of para-hydroxylation sites is 1. The molecule has 0 fully saturated rings. The van der Waals surface area contributed by atoms with Crippen LogP contribution in [0.3, 0.4) is 0 Å². The molecular formula is C8H5BrN2O3. The number of hydrogen-bond donors (Lipinski definition) is 0. The minimum atomic E-state index is -0.469. The van der Waals surface area contributed by atoms with E-state index in [9.17, 15) is 10.1 Å². The van der Waals surface area contributed by atoms with Gasteiger partial charge < -0.3 is 4.42 Å². The van der Waals surface area contributed by atoms with Crippen LogP contribution >= 0.6 is 15.9 Å². The van der Waals surface area contributed by atoms with Crippen LogP contribution in [-0.4, -0.2) is 9.91 Å². The molecule has 2 rings (SSSR count). The first-order valence-corrected chi connectivity index (χ1v) is 4.93. The summed E-state index contributed by atoms with van der Waals surface area (Å²) < 4.78 is 5.25. The highest BCUT2D eigenvalue weighted by Gasteiger charge is 2.16. The molecule has 0 aliphatic carbocycles. The molecule has 5 nitrogen and oxygen atoms in total. The largest absolute Gasteiger partial charge is 0.439 e. The maximum absolute atomic E-state index is 10.6. The molecule has 1 aromatic heterocycles. The molecule has 0 amide bonds. The van der Waals surface area contributed by atoms with Crippen molar-refractivity contribution in [2.45, 2.75) is 5.33 Å². The third-order valence-corrected chi connectivity index (χ3v) is 2.23. The van der Waals surface area contributed by atoms with Crippen LogP contribution in [0.15, 0.2) is 22.6 Å². The average molecular weight is 257 g/mol. The van der Waals surface area contributed by atoms with Crippen LogP contribution in [0.2, 0.25) is 0 Å². The number of rotatable bonds is 2. The van der Waals surface area contributed by atoms with E-state index in [0.29, 0.717) is 22.3 Å². The van der Waals surface area contributed by atoms with E-state index in [1.807, 2.05) is 0 Å². The van der Waals surface area contributed by atoms with Crippen molar-refractivity contribution in [2.75, 3.05) is 0 Å². The molecule has 0 N–H and O–H groups in total. The lowest BCUT2D eigenvalue weighted by Crippen LogP contribution is -1.88. The number of non-ortho nitro benzene ring substituents is 1. The Morgan fingerprint density at radius 1 is 1.57 bits per heavy atom. The molecule has 0 aliphatic heterocycles. The van der Waals surface area contributed by atoms with Crippen molar-refractivity contribution in [3.05, 3.63) is 34.2 Å². The summed E-state index contributed by atoms with van der Waals surface area (Å²) in [4.78, 5) is 14.2. The zero-order valence-electron chi connectivity index (χ0n) is 6.94. The molecule has 6 heteroatoms. The van der Waals surface area contributed by atoms with E-state index in [1.165, 1.54) is 6.07 Å². The van der Waals surface area contributed by atoms with Crippen LogP contribution in [0.4, 0.5) is 5.69 Å². The maximum atomic E-state index is 10.6. The Hall–Kier alpha value is -1.43. The van der Waals surface area contributed by atoms with Crippen molar-refractivity contribution in [3.63, 3.8) is 0 Å². The van der Waals surface area contributed by atoms with Gasteiger partial charge in [-0.05, 0) is 6.07 Å². The number of benzene rings is 1. The highest BCUT2D eigenvalue weighted by atomic mass is 79.9. The molecule has 0 bridgehead atoms. The minimum Gasteiger partial charge on any atom is -0.439 e. The fraction of sp³-hybridized carbons (Fsp3) is 0.125. The highest BCUT2D eigenvalue weighted by Crippen LogP contribution is 2.25. The molecule has 1 heterocycles. The Balaban J connectivity index is 2.73. The lowest BCUT2D eigenvalue weighted by atomic mass is 10.3. The quantitative estimate of drug-likeness (QED) is 0.471. The van der Waals surface area contributed by atoms with Crippen LogP contribution in [0.1, 0.15) is 5.89 Å². The number of alkyl halides is 1. The van der Waals surface area contributed by atoms with Crippen molar-refractivity contribution in [1.82, 2.24) is 4.98 Å². The van der Waals surface area contributed by atoms with E-state index in [0.717, 1.165) is 0 Å². The Morgan fingerprint density at radius 2 is 2.36 bits per heavy atom. The number of fused-ring (bicyclic) bond motifs is 1. The van der Waals surface area contributed by atoms with Crippen molar-refractivity contribution in [3.8, 4) is 0 Å². The summed E-state index contributed by atoms with van der Waals surface area (Å²) in [6, 6.07) is 4.63. The van der Waals surface area contributed by atoms with E-state index in [1.54, 1.807) is 12.1 Å². The smallest absolute Gasteiger partial charge is 0.298 e. The molecule has 0 radical (unpaired) electrons. The molecule has 0 saturated heterocycles. The highest BCUT2D eigenvalue weighted by molar-refractivity contribution is 9.08. The lowest BCUT2D eigenvalue weighted by molar-refractivity contribution is -0.383. The number of halogens is 1. The van der Waals surface area contributed by atoms with Gasteiger partial charge in [-0.1, -0.05) is 22.0 Å². The molecule has 0 aliphatic rings. The first kappa shape index (κ1) is 9.14. The van der Waals surface area contributed by atoms with Gasteiger partial charge in [-0.3, -0.25) is 10.1 Å². The molecule has 14 heavy (non-hydrogen) atoms. The van der Waals surface area contributed by atoms with Crippen molar-refractivity contribution in [2.24, 2.45) is 0 Å². The van der Waals surface area contributed by atoms with Crippen molar-refractivity contribution in [1.29, 1.82) is 0 Å². The number of aromatic nitrogens is 1. The monoisotopic (exact) mass is 256 g/mol. The van der Waals surface area contributed by atoms with E-state index < -0.39 is 4.92 Å². The molecule has 0 spiro atoms. The van der Waals surface area contributed by atoms with Crippen LogP contribution in [-0.2, 0) is 5.33 Å². The van der Waals surface area contributed by atoms with Gasteiger partial charge in [0.15, 0.2) is 11.1 Å². The van der Waals surface area contributed by atoms with Gasteiger partial charge in [0.1, 0.15) is 0 Å². The third kappa shape index (κ3) is 1.37. The van der Waals surface area contributed by atoms with E-state index in [2.05, 4.69) is 20.9 Å². The van der Waals surface area contributed by atoms with Gasteiger partial charge in [-0.25, -0.2) is 4.98 Å². The van der Waals surface area contributed by atoms with Crippen molar-refractivity contribution < 1.29 is 9.34 Å². The number of nitro groups is 1. The normalized spacial score (nSPS) is 10.6. The topological polar surface area (TPSA) is 69.2 Å². The number of oxazole rings is 1. The zero-order valence-corrected chi connectivity index (χ0v) is 8.52. The van der Waals surface area contributed by atoms with Crippen LogP contribution in [0.25, 0.3) is 11.1 Å². The van der Waals surface area contributed by atoms with Gasteiger partial charge in [0.25, 0.3) is 5.69 Å². The van der Waals surface area contributed by atoms with Crippen LogP contribution in [0, 0.1) is 10.1 Å². The fourth-order valence-corrected chi connectivity index (χ4v) is 1.42. The van der Waals surface area contributed by atoms with Gasteiger partial charge in [0.2, 0.25) is 5.89 Å². The van der Waals surface area contributed by atoms with Gasteiger partial charge in [0, 0.05) is 6.07 Å². The number of nitrogens with zero attached hydrogens (tertiary/aromatic N) is 2. The second-order valence-electron chi connectivity index (χ2n) is 2.62. The Labute approximate surface area is 87.0 Å². The van der Waals surface area contributed by atoms with Crippen LogP contribution in [0.5, 0.6) is 0 Å². The SMILES string of the molecule is O=[N+]([O-])c1cccc2oc(CBr)nc12. The predicted octanol–water partition coefficient (Wildman–Crippen LogP) is 2.63. The predicted molar refractivity (Wildman–Crippen MR) is 53.3 cm³/mol. The molecule has 2 aromatic rings. The third-order valence-electron chi connectivity index (χ3n) is 1.75. The summed E-state index contributed by atoms with van der Waals surface area (Å²) in [5.41, 5.74) is 0.707. The summed E-state index contributed by atoms with van der Waals surface area (Å²) in [5, 5.41) is 11.1. The second-order valence-corrected chi connectivity index (χ2v) is 3.18. The first-order valence-electron chi connectivity index (χ1n) is 3.81.